The number of nitrogens with zero attached hydrogens (tertiary/aromatic N) is 2. The lowest BCUT2D eigenvalue weighted by atomic mass is 10.4. The lowest BCUT2D eigenvalue weighted by Gasteiger charge is -1.91. The van der Waals surface area contributed by atoms with Crippen LogP contribution in [0.25, 0.3) is 0 Å². The van der Waals surface area contributed by atoms with Gasteiger partial charge in [0.1, 0.15) is 5.69 Å². The van der Waals surface area contributed by atoms with E-state index >= 15 is 0 Å². The Morgan fingerprint density at radius 2 is 2.08 bits per heavy atom. The third-order valence-electron chi connectivity index (χ3n) is 1.22. The van der Waals surface area contributed by atoms with E-state index in [-0.39, 0.29) is 5.69 Å². The molecule has 4 heteroatoms. The largest absolute Gasteiger partial charge is 0.477 e. The van der Waals surface area contributed by atoms with E-state index in [2.05, 4.69) is 5.10 Å². The van der Waals surface area contributed by atoms with E-state index in [0.717, 1.165) is 5.69 Å². The van der Waals surface area contributed by atoms with E-state index in [9.17, 15) is 4.79 Å². The number of aryl methyl sites for hydroxylation is 2. The number of aromatic nitrogens is 2. The Labute approximate surface area is 71.8 Å². The summed E-state index contributed by atoms with van der Waals surface area (Å²) in [5, 5.41) is 12.4. The lowest BCUT2D eigenvalue weighted by Crippen LogP contribution is -2.04. The van der Waals surface area contributed by atoms with Crippen molar-refractivity contribution in [2.75, 3.05) is 0 Å². The second-order valence-corrected chi connectivity index (χ2v) is 2.10. The molecular formula is C8H14N2O2. The van der Waals surface area contributed by atoms with Gasteiger partial charge in [-0.25, -0.2) is 4.79 Å². The average Bonchev–Trinajstić information content (AvgIpc) is 2.34. The molecule has 0 saturated carbocycles. The number of hydrogen-bond acceptors (Lipinski definition) is 2. The highest BCUT2D eigenvalue weighted by atomic mass is 16.4. The molecule has 0 saturated heterocycles. The fourth-order valence-electron chi connectivity index (χ4n) is 0.811. The molecule has 0 aromatic carbocycles. The minimum atomic E-state index is -0.942. The number of carbonyl (C=O) groups is 1. The zero-order valence-corrected chi connectivity index (χ0v) is 7.83. The molecule has 0 atom stereocenters. The number of carboxylic acids is 1. The van der Waals surface area contributed by atoms with E-state index in [1.165, 1.54) is 10.7 Å². The van der Waals surface area contributed by atoms with Gasteiger partial charge in [0, 0.05) is 7.05 Å². The second kappa shape index (κ2) is 4.54. The summed E-state index contributed by atoms with van der Waals surface area (Å²) in [6, 6.07) is 1.53. The van der Waals surface area contributed by atoms with Gasteiger partial charge in [0.15, 0.2) is 0 Å². The lowest BCUT2D eigenvalue weighted by molar-refractivity contribution is 0.0685. The standard InChI is InChI=1S/C6H8N2O2.C2H6/c1-4-3-5(6(9)10)8(2)7-4;1-2/h3H,1-2H3,(H,9,10);1-2H3. The van der Waals surface area contributed by atoms with Crippen LogP contribution in [0.15, 0.2) is 6.07 Å². The van der Waals surface area contributed by atoms with Crippen molar-refractivity contribution >= 4 is 5.97 Å². The van der Waals surface area contributed by atoms with Crippen molar-refractivity contribution in [1.29, 1.82) is 0 Å². The first-order valence-corrected chi connectivity index (χ1v) is 3.85. The highest BCUT2D eigenvalue weighted by Gasteiger charge is 2.07. The van der Waals surface area contributed by atoms with Crippen molar-refractivity contribution in [3.8, 4) is 0 Å². The first-order valence-electron chi connectivity index (χ1n) is 3.85. The third-order valence-corrected chi connectivity index (χ3v) is 1.22. The average molecular weight is 170 g/mol. The van der Waals surface area contributed by atoms with E-state index < -0.39 is 5.97 Å². The van der Waals surface area contributed by atoms with Crippen LogP contribution in [0.2, 0.25) is 0 Å². The third kappa shape index (κ3) is 2.38. The van der Waals surface area contributed by atoms with Crippen LogP contribution in [-0.2, 0) is 7.05 Å². The van der Waals surface area contributed by atoms with E-state index in [1.54, 1.807) is 14.0 Å². The summed E-state index contributed by atoms with van der Waals surface area (Å²) in [6.45, 7) is 5.76. The predicted octanol–water partition coefficient (Wildman–Crippen LogP) is 1.45. The molecule has 4 nitrogen and oxygen atoms in total. The Balaban J connectivity index is 0.000000561. The topological polar surface area (TPSA) is 55.1 Å². The van der Waals surface area contributed by atoms with Gasteiger partial charge in [0.2, 0.25) is 0 Å². The number of rotatable bonds is 1. The van der Waals surface area contributed by atoms with Crippen molar-refractivity contribution < 1.29 is 9.90 Å². The fourth-order valence-corrected chi connectivity index (χ4v) is 0.811. The molecule has 68 valence electrons. The number of carboxylic acid groups (broad SMARTS) is 1. The minimum Gasteiger partial charge on any atom is -0.477 e. The summed E-state index contributed by atoms with van der Waals surface area (Å²) in [5.74, 6) is -0.942. The van der Waals surface area contributed by atoms with Crippen molar-refractivity contribution in [3.05, 3.63) is 17.5 Å². The predicted molar refractivity (Wildman–Crippen MR) is 46.3 cm³/mol. The quantitative estimate of drug-likeness (QED) is 0.694. The minimum absolute atomic E-state index is 0.220. The zero-order chi connectivity index (χ0) is 9.72. The van der Waals surface area contributed by atoms with Crippen LogP contribution in [0.5, 0.6) is 0 Å². The summed E-state index contributed by atoms with van der Waals surface area (Å²) >= 11 is 0. The van der Waals surface area contributed by atoms with Gasteiger partial charge in [-0.1, -0.05) is 13.8 Å². The molecule has 1 N–H and O–H groups in total. The van der Waals surface area contributed by atoms with E-state index in [4.69, 9.17) is 5.11 Å². The number of aromatic carboxylic acids is 1. The van der Waals surface area contributed by atoms with Crippen LogP contribution in [-0.4, -0.2) is 20.9 Å². The van der Waals surface area contributed by atoms with Gasteiger partial charge >= 0.3 is 5.97 Å². The molecule has 0 bridgehead atoms. The maximum Gasteiger partial charge on any atom is 0.354 e. The maximum absolute atomic E-state index is 10.4. The summed E-state index contributed by atoms with van der Waals surface area (Å²) < 4.78 is 1.34. The molecule has 12 heavy (non-hydrogen) atoms. The van der Waals surface area contributed by atoms with Gasteiger partial charge in [-0.15, -0.1) is 0 Å². The van der Waals surface area contributed by atoms with Crippen LogP contribution in [0.1, 0.15) is 30.0 Å². The fraction of sp³-hybridized carbons (Fsp3) is 0.500. The highest BCUT2D eigenvalue weighted by molar-refractivity contribution is 5.85. The van der Waals surface area contributed by atoms with Gasteiger partial charge in [-0.3, -0.25) is 4.68 Å². The van der Waals surface area contributed by atoms with Gasteiger partial charge in [0.25, 0.3) is 0 Å². The van der Waals surface area contributed by atoms with Gasteiger partial charge in [0.05, 0.1) is 5.69 Å². The normalized spacial score (nSPS) is 8.67. The summed E-state index contributed by atoms with van der Waals surface area (Å²) in [4.78, 5) is 10.4. The molecule has 0 aliphatic rings. The Morgan fingerprint density at radius 1 is 1.58 bits per heavy atom. The molecule has 0 unspecified atom stereocenters. The smallest absolute Gasteiger partial charge is 0.354 e. The first-order chi connectivity index (χ1) is 5.61. The zero-order valence-electron chi connectivity index (χ0n) is 7.83. The number of hydrogen-bond donors (Lipinski definition) is 1. The van der Waals surface area contributed by atoms with Crippen LogP contribution in [0.4, 0.5) is 0 Å². The molecule has 1 heterocycles. The Bertz CT molecular complexity index is 266. The summed E-state index contributed by atoms with van der Waals surface area (Å²) in [5.41, 5.74) is 0.942. The highest BCUT2D eigenvalue weighted by Crippen LogP contribution is 2.00. The van der Waals surface area contributed by atoms with E-state index in [0.29, 0.717) is 0 Å². The van der Waals surface area contributed by atoms with Crippen LogP contribution < -0.4 is 0 Å². The van der Waals surface area contributed by atoms with Crippen molar-refractivity contribution in [2.45, 2.75) is 20.8 Å². The molecular weight excluding hydrogens is 156 g/mol. The van der Waals surface area contributed by atoms with Crippen molar-refractivity contribution in [1.82, 2.24) is 9.78 Å². The second-order valence-electron chi connectivity index (χ2n) is 2.10. The van der Waals surface area contributed by atoms with Crippen LogP contribution >= 0.6 is 0 Å². The molecule has 1 aromatic heterocycles. The van der Waals surface area contributed by atoms with Crippen molar-refractivity contribution in [3.63, 3.8) is 0 Å². The van der Waals surface area contributed by atoms with E-state index in [1.807, 2.05) is 13.8 Å². The Kier molecular flexibility index (Phi) is 4.04. The van der Waals surface area contributed by atoms with Crippen molar-refractivity contribution in [2.24, 2.45) is 7.05 Å². The Morgan fingerprint density at radius 3 is 2.25 bits per heavy atom. The monoisotopic (exact) mass is 170 g/mol. The summed E-state index contributed by atoms with van der Waals surface area (Å²) in [7, 11) is 1.61. The molecule has 0 amide bonds. The Hall–Kier alpha value is -1.32. The molecule has 1 rings (SSSR count). The molecule has 1 aromatic rings. The molecule has 0 fully saturated rings. The maximum atomic E-state index is 10.4. The van der Waals surface area contributed by atoms with Crippen LogP contribution in [0, 0.1) is 6.92 Å². The molecule has 0 aliphatic carbocycles. The van der Waals surface area contributed by atoms with Gasteiger partial charge < -0.3 is 5.11 Å². The van der Waals surface area contributed by atoms with Gasteiger partial charge in [-0.2, -0.15) is 5.10 Å². The SMILES string of the molecule is CC.Cc1cc(C(=O)O)n(C)n1. The molecule has 0 spiro atoms. The molecule has 0 radical (unpaired) electrons. The van der Waals surface area contributed by atoms with Crippen LogP contribution in [0.3, 0.4) is 0 Å². The van der Waals surface area contributed by atoms with Gasteiger partial charge in [-0.05, 0) is 13.0 Å². The summed E-state index contributed by atoms with van der Waals surface area (Å²) in [6.07, 6.45) is 0. The first kappa shape index (κ1) is 10.7. The molecule has 0 aliphatic heterocycles.